The molecule has 1 aromatic rings. The maximum atomic E-state index is 12.0. The standard InChI is InChI=1S/C20H30N2O3/c1-16(24)22-14-20(13-19(22,2)15-23)8-10-21(11-9-20)12-17-6-4-5-7-18(17)25-3/h4-7,23H,8-15H2,1-3H3/t19-/m1/s1. The molecule has 3 rings (SSSR count). The maximum Gasteiger partial charge on any atom is 0.219 e. The highest BCUT2D eigenvalue weighted by Gasteiger charge is 2.52. The first kappa shape index (κ1) is 18.2. The largest absolute Gasteiger partial charge is 0.496 e. The van der Waals surface area contributed by atoms with E-state index in [9.17, 15) is 9.90 Å². The summed E-state index contributed by atoms with van der Waals surface area (Å²) in [5.41, 5.74) is 0.967. The molecule has 1 N–H and O–H groups in total. The second-order valence-corrected chi connectivity index (χ2v) is 8.02. The molecule has 0 aromatic heterocycles. The number of hydrogen-bond donors (Lipinski definition) is 1. The summed E-state index contributed by atoms with van der Waals surface area (Å²) in [6, 6.07) is 8.18. The molecule has 2 saturated heterocycles. The van der Waals surface area contributed by atoms with Gasteiger partial charge in [-0.2, -0.15) is 0 Å². The van der Waals surface area contributed by atoms with Crippen LogP contribution in [0.5, 0.6) is 5.75 Å². The molecular formula is C20H30N2O3. The Kier molecular flexibility index (Phi) is 5.07. The molecule has 2 fully saturated rings. The Hall–Kier alpha value is -1.59. The number of carbonyl (C=O) groups excluding carboxylic acids is 1. The van der Waals surface area contributed by atoms with Gasteiger partial charge in [0.1, 0.15) is 5.75 Å². The number of ether oxygens (including phenoxy) is 1. The third-order valence-electron chi connectivity index (χ3n) is 6.12. The zero-order valence-corrected chi connectivity index (χ0v) is 15.6. The monoisotopic (exact) mass is 346 g/mol. The third kappa shape index (κ3) is 3.53. The van der Waals surface area contributed by atoms with Crippen LogP contribution in [0.25, 0.3) is 0 Å². The number of benzene rings is 1. The van der Waals surface area contributed by atoms with Crippen molar-refractivity contribution in [1.29, 1.82) is 0 Å². The number of para-hydroxylation sites is 1. The summed E-state index contributed by atoms with van der Waals surface area (Å²) < 4.78 is 5.46. The van der Waals surface area contributed by atoms with E-state index >= 15 is 0 Å². The molecule has 1 spiro atoms. The van der Waals surface area contributed by atoms with Crippen LogP contribution in [0.4, 0.5) is 0 Å². The van der Waals surface area contributed by atoms with Crippen LogP contribution in [0.15, 0.2) is 24.3 Å². The Morgan fingerprint density at radius 3 is 2.52 bits per heavy atom. The number of nitrogens with zero attached hydrogens (tertiary/aromatic N) is 2. The van der Waals surface area contributed by atoms with E-state index in [0.717, 1.165) is 51.2 Å². The molecule has 2 aliphatic rings. The predicted octanol–water partition coefficient (Wildman–Crippen LogP) is 2.28. The van der Waals surface area contributed by atoms with E-state index in [-0.39, 0.29) is 17.9 Å². The van der Waals surface area contributed by atoms with Crippen molar-refractivity contribution in [1.82, 2.24) is 9.80 Å². The van der Waals surface area contributed by atoms with Crippen molar-refractivity contribution < 1.29 is 14.6 Å². The number of carbonyl (C=O) groups is 1. The van der Waals surface area contributed by atoms with Gasteiger partial charge in [0.15, 0.2) is 0 Å². The summed E-state index contributed by atoms with van der Waals surface area (Å²) in [6.45, 7) is 7.39. The van der Waals surface area contributed by atoms with Crippen LogP contribution in [0.3, 0.4) is 0 Å². The second-order valence-electron chi connectivity index (χ2n) is 8.02. The average Bonchev–Trinajstić information content (AvgIpc) is 2.91. The van der Waals surface area contributed by atoms with Gasteiger partial charge < -0.3 is 14.7 Å². The van der Waals surface area contributed by atoms with Crippen molar-refractivity contribution in [3.8, 4) is 5.75 Å². The molecule has 1 atom stereocenters. The van der Waals surface area contributed by atoms with Crippen molar-refractivity contribution in [2.75, 3.05) is 33.4 Å². The minimum Gasteiger partial charge on any atom is -0.496 e. The normalized spacial score (nSPS) is 26.2. The number of piperidine rings is 1. The summed E-state index contributed by atoms with van der Waals surface area (Å²) in [5.74, 6) is 1.02. The lowest BCUT2D eigenvalue weighted by atomic mass is 9.74. The average molecular weight is 346 g/mol. The summed E-state index contributed by atoms with van der Waals surface area (Å²) in [6.07, 6.45) is 3.04. The van der Waals surface area contributed by atoms with Gasteiger partial charge in [0.2, 0.25) is 5.91 Å². The Morgan fingerprint density at radius 1 is 1.28 bits per heavy atom. The predicted molar refractivity (Wildman–Crippen MR) is 97.4 cm³/mol. The molecule has 1 amide bonds. The molecule has 0 radical (unpaired) electrons. The van der Waals surface area contributed by atoms with Crippen LogP contribution in [-0.2, 0) is 11.3 Å². The molecule has 2 aliphatic heterocycles. The lowest BCUT2D eigenvalue weighted by molar-refractivity contribution is -0.134. The van der Waals surface area contributed by atoms with Crippen LogP contribution < -0.4 is 4.74 Å². The molecule has 1 aromatic carbocycles. The number of hydrogen-bond acceptors (Lipinski definition) is 4. The highest BCUT2D eigenvalue weighted by molar-refractivity contribution is 5.74. The van der Waals surface area contributed by atoms with Gasteiger partial charge in [0.05, 0.1) is 19.3 Å². The van der Waals surface area contributed by atoms with E-state index < -0.39 is 5.54 Å². The topological polar surface area (TPSA) is 53.0 Å². The first-order valence-corrected chi connectivity index (χ1v) is 9.15. The van der Waals surface area contributed by atoms with Crippen molar-refractivity contribution in [3.05, 3.63) is 29.8 Å². The molecule has 0 saturated carbocycles. The minimum absolute atomic E-state index is 0.0409. The molecule has 5 heteroatoms. The van der Waals surface area contributed by atoms with Gasteiger partial charge in [-0.1, -0.05) is 18.2 Å². The van der Waals surface area contributed by atoms with Gasteiger partial charge in [-0.15, -0.1) is 0 Å². The quantitative estimate of drug-likeness (QED) is 0.909. The van der Waals surface area contributed by atoms with E-state index in [2.05, 4.69) is 17.0 Å². The Labute approximate surface area is 150 Å². The lowest BCUT2D eigenvalue weighted by Crippen LogP contribution is -2.46. The number of aliphatic hydroxyl groups is 1. The summed E-state index contributed by atoms with van der Waals surface area (Å²) >= 11 is 0. The fraction of sp³-hybridized carbons (Fsp3) is 0.650. The number of aliphatic hydroxyl groups excluding tert-OH is 1. The van der Waals surface area contributed by atoms with Crippen LogP contribution in [-0.4, -0.2) is 59.7 Å². The highest BCUT2D eigenvalue weighted by atomic mass is 16.5. The molecule has 25 heavy (non-hydrogen) atoms. The minimum atomic E-state index is -0.406. The van der Waals surface area contributed by atoms with Gasteiger partial charge in [0.25, 0.3) is 0 Å². The van der Waals surface area contributed by atoms with Gasteiger partial charge in [-0.25, -0.2) is 0 Å². The Morgan fingerprint density at radius 2 is 1.96 bits per heavy atom. The van der Waals surface area contributed by atoms with Gasteiger partial charge >= 0.3 is 0 Å². The van der Waals surface area contributed by atoms with Crippen LogP contribution in [0, 0.1) is 5.41 Å². The molecule has 5 nitrogen and oxygen atoms in total. The zero-order chi connectivity index (χ0) is 18.1. The van der Waals surface area contributed by atoms with Crippen molar-refractivity contribution in [3.63, 3.8) is 0 Å². The van der Waals surface area contributed by atoms with Crippen LogP contribution in [0.1, 0.15) is 38.7 Å². The second kappa shape index (κ2) is 6.96. The van der Waals surface area contributed by atoms with E-state index in [0.29, 0.717) is 0 Å². The van der Waals surface area contributed by atoms with E-state index in [1.807, 2.05) is 24.0 Å². The zero-order valence-electron chi connectivity index (χ0n) is 15.6. The fourth-order valence-electron chi connectivity index (χ4n) is 4.71. The van der Waals surface area contributed by atoms with Gasteiger partial charge in [0, 0.05) is 25.6 Å². The summed E-state index contributed by atoms with van der Waals surface area (Å²) in [7, 11) is 1.72. The van der Waals surface area contributed by atoms with E-state index in [4.69, 9.17) is 4.74 Å². The first-order valence-electron chi connectivity index (χ1n) is 9.15. The molecular weight excluding hydrogens is 316 g/mol. The maximum absolute atomic E-state index is 12.0. The molecule has 0 aliphatic carbocycles. The van der Waals surface area contributed by atoms with Crippen LogP contribution >= 0.6 is 0 Å². The van der Waals surface area contributed by atoms with Gasteiger partial charge in [-0.3, -0.25) is 9.69 Å². The molecule has 138 valence electrons. The van der Waals surface area contributed by atoms with Crippen molar-refractivity contribution >= 4 is 5.91 Å². The number of rotatable bonds is 4. The molecule has 2 heterocycles. The number of likely N-dealkylation sites (tertiary alicyclic amines) is 2. The molecule has 0 bridgehead atoms. The van der Waals surface area contributed by atoms with Crippen LogP contribution in [0.2, 0.25) is 0 Å². The highest BCUT2D eigenvalue weighted by Crippen LogP contribution is 2.48. The first-order chi connectivity index (χ1) is 11.9. The van der Waals surface area contributed by atoms with Crippen molar-refractivity contribution in [2.24, 2.45) is 5.41 Å². The smallest absolute Gasteiger partial charge is 0.219 e. The lowest BCUT2D eigenvalue weighted by Gasteiger charge is -2.39. The summed E-state index contributed by atoms with van der Waals surface area (Å²) in [4.78, 5) is 16.4. The van der Waals surface area contributed by atoms with E-state index in [1.54, 1.807) is 14.0 Å². The molecule has 0 unspecified atom stereocenters. The number of methoxy groups -OCH3 is 1. The Balaban J connectivity index is 1.65. The third-order valence-corrected chi connectivity index (χ3v) is 6.12. The van der Waals surface area contributed by atoms with Crippen molar-refractivity contribution in [2.45, 2.75) is 45.2 Å². The SMILES string of the molecule is COc1ccccc1CN1CCC2(CC1)CN(C(C)=O)[C@@](C)(CO)C2. The van der Waals surface area contributed by atoms with E-state index in [1.165, 1.54) is 5.56 Å². The van der Waals surface area contributed by atoms with Gasteiger partial charge in [-0.05, 0) is 50.8 Å². The number of amides is 1. The summed E-state index contributed by atoms with van der Waals surface area (Å²) in [5, 5.41) is 9.84. The fourth-order valence-corrected chi connectivity index (χ4v) is 4.71. The Bertz CT molecular complexity index is 625.